The van der Waals surface area contributed by atoms with Crippen LogP contribution in [0.15, 0.2) is 4.99 Å². The van der Waals surface area contributed by atoms with Crippen molar-refractivity contribution in [2.24, 2.45) is 22.7 Å². The van der Waals surface area contributed by atoms with Crippen molar-refractivity contribution in [1.82, 2.24) is 15.1 Å². The van der Waals surface area contributed by atoms with Gasteiger partial charge in [-0.05, 0) is 37.1 Å². The van der Waals surface area contributed by atoms with Gasteiger partial charge in [0.15, 0.2) is 5.96 Å². The summed E-state index contributed by atoms with van der Waals surface area (Å²) in [5.74, 6) is 2.66. The lowest BCUT2D eigenvalue weighted by atomic mass is 9.87. The first kappa shape index (κ1) is 23.8. The van der Waals surface area contributed by atoms with E-state index in [0.29, 0.717) is 19.6 Å². The molecule has 0 aromatic rings. The minimum absolute atomic E-state index is 0. The standard InChI is InChI=1S/C18H33F3N4.HI/c1-4-15(5-2)16-7-9-25(12-16)17(22-3)23-10-14-6-8-24(11-14)13-18(19,20)21;/h14-16H,4-13H2,1-3H3,(H,22,23);1H. The van der Waals surface area contributed by atoms with Crippen LogP contribution in [0, 0.1) is 17.8 Å². The van der Waals surface area contributed by atoms with Crippen LogP contribution in [0.1, 0.15) is 39.5 Å². The van der Waals surface area contributed by atoms with Crippen molar-refractivity contribution in [2.75, 3.05) is 46.3 Å². The first-order valence-electron chi connectivity index (χ1n) is 9.60. The Morgan fingerprint density at radius 1 is 1.15 bits per heavy atom. The Morgan fingerprint density at radius 3 is 2.42 bits per heavy atom. The molecule has 0 aliphatic carbocycles. The van der Waals surface area contributed by atoms with E-state index in [-0.39, 0.29) is 29.9 Å². The zero-order chi connectivity index (χ0) is 18.4. The van der Waals surface area contributed by atoms with E-state index < -0.39 is 12.7 Å². The Hall–Kier alpha value is -0.250. The minimum Gasteiger partial charge on any atom is -0.356 e. The number of halogens is 4. The molecule has 2 aliphatic rings. The summed E-state index contributed by atoms with van der Waals surface area (Å²) >= 11 is 0. The van der Waals surface area contributed by atoms with Gasteiger partial charge in [0.05, 0.1) is 6.54 Å². The predicted octanol–water partition coefficient (Wildman–Crippen LogP) is 3.82. The first-order chi connectivity index (χ1) is 11.9. The van der Waals surface area contributed by atoms with E-state index in [2.05, 4.69) is 29.1 Å². The molecule has 2 heterocycles. The number of nitrogens with one attached hydrogen (secondary N) is 1. The molecule has 0 aromatic carbocycles. The third-order valence-electron chi connectivity index (χ3n) is 5.77. The molecule has 4 nitrogen and oxygen atoms in total. The third-order valence-corrected chi connectivity index (χ3v) is 5.77. The zero-order valence-corrected chi connectivity index (χ0v) is 18.5. The largest absolute Gasteiger partial charge is 0.401 e. The molecule has 0 bridgehead atoms. The van der Waals surface area contributed by atoms with Crippen LogP contribution in [-0.4, -0.2) is 68.3 Å². The molecule has 2 unspecified atom stereocenters. The van der Waals surface area contributed by atoms with Crippen LogP contribution < -0.4 is 5.32 Å². The maximum atomic E-state index is 12.5. The summed E-state index contributed by atoms with van der Waals surface area (Å²) in [5.41, 5.74) is 0. The lowest BCUT2D eigenvalue weighted by Crippen LogP contribution is -2.42. The van der Waals surface area contributed by atoms with E-state index in [4.69, 9.17) is 0 Å². The van der Waals surface area contributed by atoms with Crippen molar-refractivity contribution in [1.29, 1.82) is 0 Å². The van der Waals surface area contributed by atoms with Crippen LogP contribution >= 0.6 is 24.0 Å². The van der Waals surface area contributed by atoms with Crippen LogP contribution in [0.5, 0.6) is 0 Å². The highest BCUT2D eigenvalue weighted by Crippen LogP contribution is 2.29. The molecule has 0 spiro atoms. The lowest BCUT2D eigenvalue weighted by Gasteiger charge is -2.25. The average Bonchev–Trinajstić information content (AvgIpc) is 3.18. The molecule has 0 amide bonds. The zero-order valence-electron chi connectivity index (χ0n) is 16.2. The summed E-state index contributed by atoms with van der Waals surface area (Å²) in [6.07, 6.45) is 0.362. The Labute approximate surface area is 173 Å². The predicted molar refractivity (Wildman–Crippen MR) is 111 cm³/mol. The normalized spacial score (nSPS) is 25.0. The number of rotatable bonds is 6. The van der Waals surface area contributed by atoms with Gasteiger partial charge in [0.1, 0.15) is 0 Å². The average molecular weight is 490 g/mol. The molecule has 8 heteroatoms. The molecular weight excluding hydrogens is 456 g/mol. The van der Waals surface area contributed by atoms with Crippen molar-refractivity contribution >= 4 is 29.9 Å². The van der Waals surface area contributed by atoms with E-state index in [1.54, 1.807) is 7.05 Å². The van der Waals surface area contributed by atoms with E-state index in [9.17, 15) is 13.2 Å². The Balaban J connectivity index is 0.00000338. The number of likely N-dealkylation sites (tertiary alicyclic amines) is 2. The minimum atomic E-state index is -4.10. The van der Waals surface area contributed by atoms with Gasteiger partial charge in [-0.25, -0.2) is 0 Å². The van der Waals surface area contributed by atoms with Gasteiger partial charge in [-0.15, -0.1) is 24.0 Å². The van der Waals surface area contributed by atoms with Gasteiger partial charge < -0.3 is 10.2 Å². The van der Waals surface area contributed by atoms with Crippen molar-refractivity contribution in [3.8, 4) is 0 Å². The Morgan fingerprint density at radius 2 is 1.85 bits per heavy atom. The molecule has 0 saturated carbocycles. The second kappa shape index (κ2) is 10.9. The molecule has 2 aliphatic heterocycles. The van der Waals surface area contributed by atoms with Crippen molar-refractivity contribution in [3.63, 3.8) is 0 Å². The van der Waals surface area contributed by atoms with Crippen LogP contribution in [0.25, 0.3) is 0 Å². The van der Waals surface area contributed by atoms with Crippen molar-refractivity contribution in [2.45, 2.75) is 45.7 Å². The second-order valence-corrected chi connectivity index (χ2v) is 7.50. The molecule has 26 heavy (non-hydrogen) atoms. The molecule has 1 N–H and O–H groups in total. The summed E-state index contributed by atoms with van der Waals surface area (Å²) in [4.78, 5) is 8.21. The summed E-state index contributed by atoms with van der Waals surface area (Å²) in [6, 6.07) is 0. The molecule has 2 saturated heterocycles. The van der Waals surface area contributed by atoms with Crippen LogP contribution in [0.4, 0.5) is 13.2 Å². The van der Waals surface area contributed by atoms with Gasteiger partial charge in [0, 0.05) is 33.2 Å². The SMILES string of the molecule is CCC(CC)C1CCN(C(=NC)NCC2CCN(CC(F)(F)F)C2)C1.I. The fourth-order valence-electron chi connectivity index (χ4n) is 4.36. The highest BCUT2D eigenvalue weighted by atomic mass is 127. The Bertz CT molecular complexity index is 441. The number of aliphatic imine (C=N–C) groups is 1. The smallest absolute Gasteiger partial charge is 0.356 e. The highest BCUT2D eigenvalue weighted by Gasteiger charge is 2.34. The Kier molecular flexibility index (Phi) is 9.99. The van der Waals surface area contributed by atoms with Gasteiger partial charge in [0.25, 0.3) is 0 Å². The van der Waals surface area contributed by atoms with Gasteiger partial charge in [-0.3, -0.25) is 9.89 Å². The number of hydrogen-bond acceptors (Lipinski definition) is 2. The molecule has 0 aromatic heterocycles. The highest BCUT2D eigenvalue weighted by molar-refractivity contribution is 14.0. The number of hydrogen-bond donors (Lipinski definition) is 1. The van der Waals surface area contributed by atoms with Crippen LogP contribution in [-0.2, 0) is 0 Å². The number of guanidine groups is 1. The fraction of sp³-hybridized carbons (Fsp3) is 0.944. The van der Waals surface area contributed by atoms with Gasteiger partial charge in [0.2, 0.25) is 0 Å². The van der Waals surface area contributed by atoms with Crippen molar-refractivity contribution in [3.05, 3.63) is 0 Å². The topological polar surface area (TPSA) is 30.9 Å². The fourth-order valence-corrected chi connectivity index (χ4v) is 4.36. The molecule has 154 valence electrons. The lowest BCUT2D eigenvalue weighted by molar-refractivity contribution is -0.143. The van der Waals surface area contributed by atoms with Gasteiger partial charge in [-0.1, -0.05) is 26.7 Å². The molecule has 2 atom stereocenters. The van der Waals surface area contributed by atoms with Crippen LogP contribution in [0.3, 0.4) is 0 Å². The first-order valence-corrected chi connectivity index (χ1v) is 9.60. The van der Waals surface area contributed by atoms with Crippen LogP contribution in [0.2, 0.25) is 0 Å². The van der Waals surface area contributed by atoms with E-state index in [1.165, 1.54) is 24.2 Å². The molecule has 0 radical (unpaired) electrons. The summed E-state index contributed by atoms with van der Waals surface area (Å²) < 4.78 is 37.5. The second-order valence-electron chi connectivity index (χ2n) is 7.50. The molecule has 2 fully saturated rings. The van der Waals surface area contributed by atoms with Crippen molar-refractivity contribution < 1.29 is 13.2 Å². The number of alkyl halides is 3. The summed E-state index contributed by atoms with van der Waals surface area (Å²) in [7, 11) is 1.79. The van der Waals surface area contributed by atoms with E-state index >= 15 is 0 Å². The third kappa shape index (κ3) is 7.05. The summed E-state index contributed by atoms with van der Waals surface area (Å²) in [5, 5.41) is 3.40. The number of nitrogens with zero attached hydrogens (tertiary/aromatic N) is 3. The molecule has 2 rings (SSSR count). The van der Waals surface area contributed by atoms with E-state index in [1.807, 2.05) is 0 Å². The molecular formula is C18H34F3IN4. The van der Waals surface area contributed by atoms with E-state index in [0.717, 1.165) is 37.3 Å². The summed E-state index contributed by atoms with van der Waals surface area (Å²) in [6.45, 7) is 7.54. The van der Waals surface area contributed by atoms with Gasteiger partial charge in [-0.2, -0.15) is 13.2 Å². The maximum Gasteiger partial charge on any atom is 0.401 e. The maximum absolute atomic E-state index is 12.5. The monoisotopic (exact) mass is 490 g/mol. The van der Waals surface area contributed by atoms with Gasteiger partial charge >= 0.3 is 6.18 Å². The quantitative estimate of drug-likeness (QED) is 0.349.